The number of benzene rings is 1. The SMILES string of the molecule is CCCc1cc2c(c(=O)n1C)C(c1ccccc1Br)C(C#N)=C(N)O2. The molecule has 25 heavy (non-hydrogen) atoms. The van der Waals surface area contributed by atoms with Crippen LogP contribution in [0.25, 0.3) is 0 Å². The molecule has 1 atom stereocenters. The summed E-state index contributed by atoms with van der Waals surface area (Å²) in [5.74, 6) is -0.0750. The largest absolute Gasteiger partial charge is 0.440 e. The van der Waals surface area contributed by atoms with E-state index in [1.54, 1.807) is 11.6 Å². The third-order valence-electron chi connectivity index (χ3n) is 4.43. The predicted molar refractivity (Wildman–Crippen MR) is 99.1 cm³/mol. The van der Waals surface area contributed by atoms with Gasteiger partial charge in [-0.1, -0.05) is 47.5 Å². The Kier molecular flexibility index (Phi) is 4.69. The average Bonchev–Trinajstić information content (AvgIpc) is 2.59. The number of rotatable bonds is 3. The molecule has 1 aliphatic heterocycles. The first-order chi connectivity index (χ1) is 12.0. The summed E-state index contributed by atoms with van der Waals surface area (Å²) < 4.78 is 8.10. The molecule has 128 valence electrons. The Morgan fingerprint density at radius 3 is 2.76 bits per heavy atom. The zero-order valence-electron chi connectivity index (χ0n) is 14.0. The van der Waals surface area contributed by atoms with Gasteiger partial charge in [-0.25, -0.2) is 0 Å². The average molecular weight is 400 g/mol. The third kappa shape index (κ3) is 2.85. The summed E-state index contributed by atoms with van der Waals surface area (Å²) in [7, 11) is 1.75. The molecule has 0 amide bonds. The minimum atomic E-state index is -0.557. The molecule has 3 rings (SSSR count). The molecule has 0 bridgehead atoms. The molecule has 0 saturated heterocycles. The van der Waals surface area contributed by atoms with E-state index in [-0.39, 0.29) is 17.0 Å². The smallest absolute Gasteiger partial charge is 0.258 e. The quantitative estimate of drug-likeness (QED) is 0.857. The summed E-state index contributed by atoms with van der Waals surface area (Å²) >= 11 is 3.52. The van der Waals surface area contributed by atoms with Crippen LogP contribution in [0.15, 0.2) is 51.1 Å². The molecule has 1 aromatic heterocycles. The number of nitriles is 1. The number of allylic oxidation sites excluding steroid dienone is 1. The van der Waals surface area contributed by atoms with Crippen molar-refractivity contribution in [2.75, 3.05) is 0 Å². The van der Waals surface area contributed by atoms with Crippen molar-refractivity contribution < 1.29 is 4.74 Å². The summed E-state index contributed by atoms with van der Waals surface area (Å²) in [5.41, 5.74) is 8.23. The molecule has 5 nitrogen and oxygen atoms in total. The Morgan fingerprint density at radius 2 is 2.12 bits per heavy atom. The van der Waals surface area contributed by atoms with Crippen LogP contribution in [0.5, 0.6) is 5.75 Å². The van der Waals surface area contributed by atoms with Gasteiger partial charge in [-0.2, -0.15) is 5.26 Å². The lowest BCUT2D eigenvalue weighted by Crippen LogP contribution is -2.32. The standard InChI is InChI=1S/C19H18BrN3O2/c1-3-6-11-9-15-17(19(24)23(11)2)16(13(10-21)18(22)25-15)12-7-4-5-8-14(12)20/h4-5,7-9,16H,3,6,22H2,1-2H3. The lowest BCUT2D eigenvalue weighted by molar-refractivity contribution is 0.389. The molecular weight excluding hydrogens is 382 g/mol. The van der Waals surface area contributed by atoms with E-state index in [0.717, 1.165) is 28.6 Å². The monoisotopic (exact) mass is 399 g/mol. The van der Waals surface area contributed by atoms with Gasteiger partial charge in [0.05, 0.1) is 11.5 Å². The number of aryl methyl sites for hydroxylation is 1. The normalized spacial score (nSPS) is 16.2. The van der Waals surface area contributed by atoms with E-state index in [2.05, 4.69) is 28.9 Å². The molecule has 2 N–H and O–H groups in total. The van der Waals surface area contributed by atoms with Crippen molar-refractivity contribution in [2.45, 2.75) is 25.7 Å². The highest BCUT2D eigenvalue weighted by Crippen LogP contribution is 2.42. The highest BCUT2D eigenvalue weighted by molar-refractivity contribution is 9.10. The Hall–Kier alpha value is -2.52. The molecule has 0 aliphatic carbocycles. The molecule has 0 spiro atoms. The van der Waals surface area contributed by atoms with Gasteiger partial charge in [0.2, 0.25) is 5.88 Å². The maximum Gasteiger partial charge on any atom is 0.258 e. The van der Waals surface area contributed by atoms with Crippen molar-refractivity contribution in [3.8, 4) is 11.8 Å². The lowest BCUT2D eigenvalue weighted by Gasteiger charge is -2.27. The van der Waals surface area contributed by atoms with E-state index in [0.29, 0.717) is 11.3 Å². The van der Waals surface area contributed by atoms with E-state index < -0.39 is 5.92 Å². The van der Waals surface area contributed by atoms with Crippen LogP contribution in [0.4, 0.5) is 0 Å². The third-order valence-corrected chi connectivity index (χ3v) is 5.16. The van der Waals surface area contributed by atoms with Gasteiger partial charge >= 0.3 is 0 Å². The van der Waals surface area contributed by atoms with Gasteiger partial charge in [0, 0.05) is 23.3 Å². The van der Waals surface area contributed by atoms with Crippen LogP contribution < -0.4 is 16.0 Å². The van der Waals surface area contributed by atoms with Gasteiger partial charge in [-0.3, -0.25) is 4.79 Å². The maximum absolute atomic E-state index is 13.1. The summed E-state index contributed by atoms with van der Waals surface area (Å²) in [5, 5.41) is 9.62. The number of ether oxygens (including phenoxy) is 1. The molecule has 1 aliphatic rings. The zero-order chi connectivity index (χ0) is 18.1. The van der Waals surface area contributed by atoms with Crippen molar-refractivity contribution in [3.63, 3.8) is 0 Å². The second-order valence-electron chi connectivity index (χ2n) is 5.97. The van der Waals surface area contributed by atoms with Crippen LogP contribution >= 0.6 is 15.9 Å². The summed E-state index contributed by atoms with van der Waals surface area (Å²) in [6.07, 6.45) is 1.67. The van der Waals surface area contributed by atoms with Crippen LogP contribution in [0.2, 0.25) is 0 Å². The Labute approximate surface area is 154 Å². The van der Waals surface area contributed by atoms with Crippen LogP contribution in [0, 0.1) is 11.3 Å². The Bertz CT molecular complexity index is 970. The van der Waals surface area contributed by atoms with Crippen molar-refractivity contribution in [2.24, 2.45) is 12.8 Å². The van der Waals surface area contributed by atoms with E-state index in [4.69, 9.17) is 10.5 Å². The van der Waals surface area contributed by atoms with E-state index in [9.17, 15) is 10.1 Å². The van der Waals surface area contributed by atoms with Crippen molar-refractivity contribution in [3.05, 3.63) is 73.4 Å². The minimum absolute atomic E-state index is 0.0476. The number of fused-ring (bicyclic) bond motifs is 1. The Morgan fingerprint density at radius 1 is 1.40 bits per heavy atom. The van der Waals surface area contributed by atoms with Gasteiger partial charge < -0.3 is 15.0 Å². The van der Waals surface area contributed by atoms with Crippen LogP contribution in [0.1, 0.15) is 36.1 Å². The van der Waals surface area contributed by atoms with Gasteiger partial charge in [0.1, 0.15) is 17.4 Å². The van der Waals surface area contributed by atoms with E-state index in [1.807, 2.05) is 30.3 Å². The molecule has 6 heteroatoms. The van der Waals surface area contributed by atoms with Crippen molar-refractivity contribution >= 4 is 15.9 Å². The maximum atomic E-state index is 13.1. The first kappa shape index (κ1) is 17.3. The van der Waals surface area contributed by atoms with Crippen LogP contribution in [0.3, 0.4) is 0 Å². The molecular formula is C19H18BrN3O2. The number of halogens is 1. The van der Waals surface area contributed by atoms with Crippen molar-refractivity contribution in [1.29, 1.82) is 5.26 Å². The lowest BCUT2D eigenvalue weighted by atomic mass is 9.84. The van der Waals surface area contributed by atoms with E-state index >= 15 is 0 Å². The second kappa shape index (κ2) is 6.77. The number of hydrogen-bond acceptors (Lipinski definition) is 4. The first-order valence-corrected chi connectivity index (χ1v) is 8.83. The number of nitrogens with zero attached hydrogens (tertiary/aromatic N) is 2. The number of aromatic nitrogens is 1. The molecule has 2 aromatic rings. The predicted octanol–water partition coefficient (Wildman–Crippen LogP) is 3.32. The summed E-state index contributed by atoms with van der Waals surface area (Å²) in [6.45, 7) is 2.05. The minimum Gasteiger partial charge on any atom is -0.440 e. The van der Waals surface area contributed by atoms with Crippen LogP contribution in [-0.2, 0) is 13.5 Å². The number of nitrogens with two attached hydrogens (primary N) is 1. The molecule has 2 heterocycles. The summed E-state index contributed by atoms with van der Waals surface area (Å²) in [4.78, 5) is 13.1. The van der Waals surface area contributed by atoms with E-state index in [1.165, 1.54) is 0 Å². The van der Waals surface area contributed by atoms with Crippen LogP contribution in [-0.4, -0.2) is 4.57 Å². The fourth-order valence-corrected chi connectivity index (χ4v) is 3.70. The zero-order valence-corrected chi connectivity index (χ0v) is 15.6. The molecule has 1 unspecified atom stereocenters. The highest BCUT2D eigenvalue weighted by Gasteiger charge is 2.35. The Balaban J connectivity index is 2.33. The molecule has 0 radical (unpaired) electrons. The fourth-order valence-electron chi connectivity index (χ4n) is 3.19. The van der Waals surface area contributed by atoms with Gasteiger partial charge in [0.15, 0.2) is 0 Å². The van der Waals surface area contributed by atoms with Gasteiger partial charge in [0.25, 0.3) is 5.56 Å². The van der Waals surface area contributed by atoms with Gasteiger partial charge in [-0.15, -0.1) is 0 Å². The number of hydrogen-bond donors (Lipinski definition) is 1. The first-order valence-electron chi connectivity index (χ1n) is 8.04. The number of pyridine rings is 1. The fraction of sp³-hybridized carbons (Fsp3) is 0.263. The second-order valence-corrected chi connectivity index (χ2v) is 6.83. The van der Waals surface area contributed by atoms with Gasteiger partial charge in [-0.05, 0) is 18.1 Å². The topological polar surface area (TPSA) is 81.0 Å². The molecule has 1 aromatic carbocycles. The molecule has 0 saturated carbocycles. The summed E-state index contributed by atoms with van der Waals surface area (Å²) in [6, 6.07) is 11.5. The molecule has 0 fully saturated rings. The van der Waals surface area contributed by atoms with Crippen molar-refractivity contribution in [1.82, 2.24) is 4.57 Å². The highest BCUT2D eigenvalue weighted by atomic mass is 79.9.